The molecule has 92 valence electrons. The molecule has 2 aromatic rings. The largest absolute Gasteiger partial charge is 0.307 e. The van der Waals surface area contributed by atoms with E-state index in [1.807, 2.05) is 28.8 Å². The summed E-state index contributed by atoms with van der Waals surface area (Å²) in [4.78, 5) is 0. The summed E-state index contributed by atoms with van der Waals surface area (Å²) in [5, 5.41) is 11.9. The third-order valence-corrected chi connectivity index (χ3v) is 3.20. The van der Waals surface area contributed by atoms with Gasteiger partial charge < -0.3 is 5.32 Å². The lowest BCUT2D eigenvalue weighted by Gasteiger charge is -2.15. The summed E-state index contributed by atoms with van der Waals surface area (Å²) in [6.45, 7) is 7.61. The summed E-state index contributed by atoms with van der Waals surface area (Å²) in [5.41, 5.74) is 0.902. The Labute approximate surface area is 102 Å². The van der Waals surface area contributed by atoms with Gasteiger partial charge in [0.15, 0.2) is 11.5 Å². The van der Waals surface area contributed by atoms with Crippen LogP contribution < -0.4 is 5.32 Å². The minimum atomic E-state index is 0.224. The topological polar surface area (TPSA) is 42.2 Å². The highest BCUT2D eigenvalue weighted by molar-refractivity contribution is 5.37. The van der Waals surface area contributed by atoms with Gasteiger partial charge in [-0.1, -0.05) is 26.3 Å². The molecule has 0 radical (unpaired) electrons. The number of nitrogens with zero attached hydrogens (tertiary/aromatic N) is 3. The number of aromatic nitrogens is 3. The van der Waals surface area contributed by atoms with Crippen molar-refractivity contribution < 1.29 is 0 Å². The second-order valence-electron chi connectivity index (χ2n) is 4.63. The second kappa shape index (κ2) is 5.27. The standard InChI is InChI=1S/C13H20N4/c1-4-10(2)9-14-11(3)13-16-15-12-7-5-6-8-17(12)13/h5-8,10-11,14H,4,9H2,1-3H3/t10-,11-/m1/s1. The number of hydrogen-bond donors (Lipinski definition) is 1. The van der Waals surface area contributed by atoms with Crippen molar-refractivity contribution in [1.29, 1.82) is 0 Å². The Bertz CT molecular complexity index is 477. The van der Waals surface area contributed by atoms with E-state index >= 15 is 0 Å². The normalized spacial score (nSPS) is 15.0. The van der Waals surface area contributed by atoms with E-state index in [1.54, 1.807) is 0 Å². The van der Waals surface area contributed by atoms with Gasteiger partial charge in [0.25, 0.3) is 0 Å². The van der Waals surface area contributed by atoms with Crippen molar-refractivity contribution in [2.75, 3.05) is 6.54 Å². The molecule has 0 aliphatic carbocycles. The first-order valence-corrected chi connectivity index (χ1v) is 6.25. The van der Waals surface area contributed by atoms with Crippen LogP contribution in [0.2, 0.25) is 0 Å². The van der Waals surface area contributed by atoms with Gasteiger partial charge in [-0.3, -0.25) is 4.40 Å². The molecule has 2 rings (SSSR count). The summed E-state index contributed by atoms with van der Waals surface area (Å²) in [6.07, 6.45) is 3.20. The molecule has 0 fully saturated rings. The molecular weight excluding hydrogens is 212 g/mol. The number of nitrogens with one attached hydrogen (secondary N) is 1. The molecule has 2 atom stereocenters. The van der Waals surface area contributed by atoms with Crippen molar-refractivity contribution in [3.63, 3.8) is 0 Å². The monoisotopic (exact) mass is 232 g/mol. The third-order valence-electron chi connectivity index (χ3n) is 3.20. The highest BCUT2D eigenvalue weighted by Gasteiger charge is 2.12. The molecule has 0 amide bonds. The molecule has 1 N–H and O–H groups in total. The van der Waals surface area contributed by atoms with Crippen LogP contribution in [-0.4, -0.2) is 21.1 Å². The molecule has 0 aliphatic heterocycles. The third kappa shape index (κ3) is 2.64. The van der Waals surface area contributed by atoms with Crippen LogP contribution in [-0.2, 0) is 0 Å². The van der Waals surface area contributed by atoms with Gasteiger partial charge in [0.2, 0.25) is 0 Å². The second-order valence-corrected chi connectivity index (χ2v) is 4.63. The first-order valence-electron chi connectivity index (χ1n) is 6.25. The average molecular weight is 232 g/mol. The Morgan fingerprint density at radius 2 is 2.12 bits per heavy atom. The van der Waals surface area contributed by atoms with Crippen LogP contribution in [0.1, 0.15) is 39.1 Å². The molecular formula is C13H20N4. The Kier molecular flexibility index (Phi) is 3.74. The highest BCUT2D eigenvalue weighted by atomic mass is 15.3. The summed E-state index contributed by atoms with van der Waals surface area (Å²) in [6, 6.07) is 6.17. The predicted octanol–water partition coefficient (Wildman–Crippen LogP) is 2.43. The van der Waals surface area contributed by atoms with E-state index in [0.717, 1.165) is 18.0 Å². The molecule has 0 spiro atoms. The Morgan fingerprint density at radius 1 is 1.29 bits per heavy atom. The number of rotatable bonds is 5. The van der Waals surface area contributed by atoms with E-state index < -0.39 is 0 Å². The average Bonchev–Trinajstić information content (AvgIpc) is 2.79. The molecule has 17 heavy (non-hydrogen) atoms. The van der Waals surface area contributed by atoms with Crippen molar-refractivity contribution in [3.05, 3.63) is 30.2 Å². The van der Waals surface area contributed by atoms with Crippen LogP contribution in [0.3, 0.4) is 0 Å². The van der Waals surface area contributed by atoms with Gasteiger partial charge >= 0.3 is 0 Å². The zero-order valence-corrected chi connectivity index (χ0v) is 10.7. The zero-order valence-electron chi connectivity index (χ0n) is 10.7. The van der Waals surface area contributed by atoms with Crippen molar-refractivity contribution in [1.82, 2.24) is 19.9 Å². The van der Waals surface area contributed by atoms with Gasteiger partial charge in [-0.15, -0.1) is 10.2 Å². The van der Waals surface area contributed by atoms with E-state index in [2.05, 4.69) is 36.3 Å². The Balaban J connectivity index is 2.11. The van der Waals surface area contributed by atoms with E-state index in [4.69, 9.17) is 0 Å². The van der Waals surface area contributed by atoms with Crippen molar-refractivity contribution >= 4 is 5.65 Å². The first-order chi connectivity index (χ1) is 8.22. The van der Waals surface area contributed by atoms with Gasteiger partial charge in [0, 0.05) is 6.20 Å². The molecule has 0 aromatic carbocycles. The minimum absolute atomic E-state index is 0.224. The van der Waals surface area contributed by atoms with E-state index in [0.29, 0.717) is 5.92 Å². The van der Waals surface area contributed by atoms with Crippen LogP contribution in [0.25, 0.3) is 5.65 Å². The molecule has 4 nitrogen and oxygen atoms in total. The highest BCUT2D eigenvalue weighted by Crippen LogP contribution is 2.12. The van der Waals surface area contributed by atoms with E-state index in [1.165, 1.54) is 6.42 Å². The lowest BCUT2D eigenvalue weighted by atomic mass is 10.1. The molecule has 0 aliphatic rings. The van der Waals surface area contributed by atoms with Crippen LogP contribution in [0.4, 0.5) is 0 Å². The number of hydrogen-bond acceptors (Lipinski definition) is 3. The predicted molar refractivity (Wildman–Crippen MR) is 68.9 cm³/mol. The lowest BCUT2D eigenvalue weighted by Crippen LogP contribution is -2.25. The quantitative estimate of drug-likeness (QED) is 0.861. The smallest absolute Gasteiger partial charge is 0.160 e. The van der Waals surface area contributed by atoms with Crippen LogP contribution >= 0.6 is 0 Å². The number of pyridine rings is 1. The van der Waals surface area contributed by atoms with Crippen molar-refractivity contribution in [2.24, 2.45) is 5.92 Å². The van der Waals surface area contributed by atoms with Crippen LogP contribution in [0.5, 0.6) is 0 Å². The molecule has 4 heteroatoms. The van der Waals surface area contributed by atoms with Gasteiger partial charge in [0.05, 0.1) is 6.04 Å². The van der Waals surface area contributed by atoms with Crippen LogP contribution in [0.15, 0.2) is 24.4 Å². The van der Waals surface area contributed by atoms with Gasteiger partial charge in [-0.05, 0) is 31.5 Å². The lowest BCUT2D eigenvalue weighted by molar-refractivity contribution is 0.449. The Hall–Kier alpha value is -1.42. The molecule has 2 aromatic heterocycles. The van der Waals surface area contributed by atoms with E-state index in [9.17, 15) is 0 Å². The zero-order chi connectivity index (χ0) is 12.3. The molecule has 2 heterocycles. The van der Waals surface area contributed by atoms with Gasteiger partial charge in [0.1, 0.15) is 0 Å². The van der Waals surface area contributed by atoms with Gasteiger partial charge in [-0.25, -0.2) is 0 Å². The van der Waals surface area contributed by atoms with Crippen molar-refractivity contribution in [3.8, 4) is 0 Å². The van der Waals surface area contributed by atoms with E-state index in [-0.39, 0.29) is 6.04 Å². The molecule has 0 saturated heterocycles. The summed E-state index contributed by atoms with van der Waals surface area (Å²) >= 11 is 0. The SMILES string of the molecule is CC[C@@H](C)CN[C@H](C)c1nnc2ccccn12. The summed E-state index contributed by atoms with van der Waals surface area (Å²) in [5.74, 6) is 1.67. The maximum absolute atomic E-state index is 4.25. The Morgan fingerprint density at radius 3 is 2.88 bits per heavy atom. The minimum Gasteiger partial charge on any atom is -0.307 e. The fraction of sp³-hybridized carbons (Fsp3) is 0.538. The fourth-order valence-electron chi connectivity index (χ4n) is 1.77. The maximum Gasteiger partial charge on any atom is 0.160 e. The van der Waals surface area contributed by atoms with Gasteiger partial charge in [-0.2, -0.15) is 0 Å². The summed E-state index contributed by atoms with van der Waals surface area (Å²) < 4.78 is 2.04. The fourth-order valence-corrected chi connectivity index (χ4v) is 1.77. The summed E-state index contributed by atoms with van der Waals surface area (Å²) in [7, 11) is 0. The first kappa shape index (κ1) is 12.0. The molecule has 0 unspecified atom stereocenters. The molecule has 0 saturated carbocycles. The van der Waals surface area contributed by atoms with Crippen LogP contribution in [0, 0.1) is 5.92 Å². The van der Waals surface area contributed by atoms with Crippen molar-refractivity contribution in [2.45, 2.75) is 33.2 Å². The number of fused-ring (bicyclic) bond motifs is 1. The molecule has 0 bridgehead atoms. The maximum atomic E-state index is 4.25.